The predicted octanol–water partition coefficient (Wildman–Crippen LogP) is 3.82. The van der Waals surface area contributed by atoms with Crippen molar-refractivity contribution in [1.82, 2.24) is 29.9 Å². The fourth-order valence-corrected chi connectivity index (χ4v) is 4.79. The highest BCUT2D eigenvalue weighted by atomic mass is 16.5. The van der Waals surface area contributed by atoms with Gasteiger partial charge >= 0.3 is 0 Å². The van der Waals surface area contributed by atoms with E-state index >= 15 is 0 Å². The van der Waals surface area contributed by atoms with Crippen molar-refractivity contribution < 1.29 is 9.53 Å². The number of nitrogens with zero attached hydrogens (tertiary/aromatic N) is 5. The molecule has 0 unspecified atom stereocenters. The first-order valence-corrected chi connectivity index (χ1v) is 12.0. The number of hydrogen-bond acceptors (Lipinski definition) is 6. The van der Waals surface area contributed by atoms with Crippen molar-refractivity contribution in [1.29, 1.82) is 0 Å². The molecule has 6 rings (SSSR count). The van der Waals surface area contributed by atoms with E-state index in [1.54, 1.807) is 24.0 Å². The van der Waals surface area contributed by atoms with E-state index in [0.29, 0.717) is 17.8 Å². The first-order chi connectivity index (χ1) is 17.6. The number of carbonyl (C=O) groups is 1. The molecule has 2 atom stereocenters. The van der Waals surface area contributed by atoms with Crippen LogP contribution in [0.3, 0.4) is 0 Å². The average Bonchev–Trinajstić information content (AvgIpc) is 3.51. The summed E-state index contributed by atoms with van der Waals surface area (Å²) in [7, 11) is 3.69. The molecule has 9 nitrogen and oxygen atoms in total. The van der Waals surface area contributed by atoms with E-state index in [2.05, 4.69) is 37.4 Å². The van der Waals surface area contributed by atoms with Gasteiger partial charge in [0.25, 0.3) is 5.91 Å². The lowest BCUT2D eigenvalue weighted by Crippen LogP contribution is -2.51. The SMILES string of the molecule is CO[C@@H]1CC[C@H]1NC(=O)c1cnn2c(N(C)Cc3ccccc3)cc(-c3c[nH]c4ncccc34)nc12. The molecule has 0 bridgehead atoms. The van der Waals surface area contributed by atoms with Crippen LogP contribution in [0.25, 0.3) is 27.9 Å². The van der Waals surface area contributed by atoms with Crippen molar-refractivity contribution in [3.63, 3.8) is 0 Å². The van der Waals surface area contributed by atoms with Crippen molar-refractivity contribution in [3.05, 3.63) is 78.2 Å². The molecule has 0 aliphatic heterocycles. The summed E-state index contributed by atoms with van der Waals surface area (Å²) in [6.45, 7) is 0.674. The molecule has 0 spiro atoms. The standard InChI is InChI=1S/C27H27N7O2/c1-33(16-17-7-4-3-5-8-17)24-13-22(19-14-29-25-18(19)9-6-12-28-25)31-26-20(15-30-34(24)26)27(35)32-21-10-11-23(21)36-2/h3-9,12-15,21,23H,10-11,16H2,1-2H3,(H,28,29)(H,32,35)/t21-,23-/m1/s1. The number of H-pyrrole nitrogens is 1. The summed E-state index contributed by atoms with van der Waals surface area (Å²) in [5.74, 6) is 0.633. The fraction of sp³-hybridized carbons (Fsp3) is 0.259. The smallest absolute Gasteiger partial charge is 0.257 e. The van der Waals surface area contributed by atoms with Gasteiger partial charge in [0.05, 0.1) is 24.0 Å². The fourth-order valence-electron chi connectivity index (χ4n) is 4.79. The van der Waals surface area contributed by atoms with E-state index in [4.69, 9.17) is 9.72 Å². The van der Waals surface area contributed by atoms with Crippen molar-refractivity contribution in [2.24, 2.45) is 0 Å². The van der Waals surface area contributed by atoms with Crippen LogP contribution in [0.1, 0.15) is 28.8 Å². The number of anilines is 1. The zero-order valence-electron chi connectivity index (χ0n) is 20.2. The Kier molecular flexibility index (Phi) is 5.61. The molecule has 0 saturated heterocycles. The van der Waals surface area contributed by atoms with Gasteiger partial charge < -0.3 is 19.9 Å². The Labute approximate surface area is 208 Å². The van der Waals surface area contributed by atoms with Crippen LogP contribution in [0, 0.1) is 0 Å². The molecule has 36 heavy (non-hydrogen) atoms. The van der Waals surface area contributed by atoms with Gasteiger partial charge in [0.15, 0.2) is 5.65 Å². The third kappa shape index (κ3) is 3.87. The highest BCUT2D eigenvalue weighted by Crippen LogP contribution is 2.31. The van der Waals surface area contributed by atoms with Crippen LogP contribution < -0.4 is 10.2 Å². The second-order valence-electron chi connectivity index (χ2n) is 9.17. The van der Waals surface area contributed by atoms with E-state index in [1.807, 2.05) is 49.6 Å². The number of nitrogens with one attached hydrogen (secondary N) is 2. The van der Waals surface area contributed by atoms with Gasteiger partial charge in [-0.15, -0.1) is 0 Å². The number of ether oxygens (including phenoxy) is 1. The Balaban J connectivity index is 1.45. The molecule has 1 aliphatic carbocycles. The third-order valence-electron chi connectivity index (χ3n) is 6.91. The molecule has 1 amide bonds. The van der Waals surface area contributed by atoms with E-state index in [9.17, 15) is 4.79 Å². The first kappa shape index (κ1) is 22.2. The Bertz CT molecular complexity index is 1540. The molecule has 5 aromatic rings. The molecule has 182 valence electrons. The molecule has 1 saturated carbocycles. The summed E-state index contributed by atoms with van der Waals surface area (Å²) < 4.78 is 7.19. The second kappa shape index (κ2) is 9.09. The van der Waals surface area contributed by atoms with Gasteiger partial charge in [-0.1, -0.05) is 30.3 Å². The number of benzene rings is 1. The lowest BCUT2D eigenvalue weighted by atomic mass is 9.89. The number of carbonyl (C=O) groups excluding carboxylic acids is 1. The van der Waals surface area contributed by atoms with Gasteiger partial charge in [0.1, 0.15) is 17.0 Å². The Morgan fingerprint density at radius 1 is 1.22 bits per heavy atom. The summed E-state index contributed by atoms with van der Waals surface area (Å²) in [5.41, 5.74) is 4.56. The molecule has 1 aliphatic rings. The maximum absolute atomic E-state index is 13.3. The topological polar surface area (TPSA) is 100 Å². The molecule has 1 aromatic carbocycles. The molecular weight excluding hydrogens is 454 g/mol. The van der Waals surface area contributed by atoms with E-state index in [0.717, 1.165) is 41.0 Å². The first-order valence-electron chi connectivity index (χ1n) is 12.0. The van der Waals surface area contributed by atoms with Gasteiger partial charge in [0.2, 0.25) is 0 Å². The zero-order chi connectivity index (χ0) is 24.6. The highest BCUT2D eigenvalue weighted by Gasteiger charge is 2.33. The minimum atomic E-state index is -0.196. The quantitative estimate of drug-likeness (QED) is 0.367. The Hall–Kier alpha value is -4.24. The van der Waals surface area contributed by atoms with Gasteiger partial charge in [-0.05, 0) is 30.5 Å². The number of rotatable bonds is 7. The normalized spacial score (nSPS) is 17.3. The van der Waals surface area contributed by atoms with Crippen LogP contribution in [-0.2, 0) is 11.3 Å². The van der Waals surface area contributed by atoms with Crippen LogP contribution in [0.15, 0.2) is 67.1 Å². The second-order valence-corrected chi connectivity index (χ2v) is 9.17. The van der Waals surface area contributed by atoms with Crippen LogP contribution in [0.5, 0.6) is 0 Å². The van der Waals surface area contributed by atoms with Gasteiger partial charge in [-0.25, -0.2) is 9.97 Å². The predicted molar refractivity (Wildman–Crippen MR) is 138 cm³/mol. The monoisotopic (exact) mass is 481 g/mol. The molecule has 1 fully saturated rings. The lowest BCUT2D eigenvalue weighted by molar-refractivity contribution is 0.00732. The maximum Gasteiger partial charge on any atom is 0.257 e. The van der Waals surface area contributed by atoms with E-state index in [1.165, 1.54) is 5.56 Å². The van der Waals surface area contributed by atoms with Crippen molar-refractivity contribution in [2.75, 3.05) is 19.1 Å². The van der Waals surface area contributed by atoms with Crippen molar-refractivity contribution >= 4 is 28.4 Å². The minimum Gasteiger partial charge on any atom is -0.379 e. The number of fused-ring (bicyclic) bond motifs is 2. The van der Waals surface area contributed by atoms with Crippen molar-refractivity contribution in [3.8, 4) is 11.3 Å². The van der Waals surface area contributed by atoms with Crippen molar-refractivity contribution in [2.45, 2.75) is 31.5 Å². The third-order valence-corrected chi connectivity index (χ3v) is 6.91. The summed E-state index contributed by atoms with van der Waals surface area (Å²) >= 11 is 0. The summed E-state index contributed by atoms with van der Waals surface area (Å²) in [4.78, 5) is 28.0. The zero-order valence-corrected chi connectivity index (χ0v) is 20.2. The molecule has 4 aromatic heterocycles. The van der Waals surface area contributed by atoms with Gasteiger partial charge in [-0.2, -0.15) is 9.61 Å². The number of pyridine rings is 1. The number of methoxy groups -OCH3 is 1. The summed E-state index contributed by atoms with van der Waals surface area (Å²) in [6, 6.07) is 16.2. The molecule has 0 radical (unpaired) electrons. The summed E-state index contributed by atoms with van der Waals surface area (Å²) in [6.07, 6.45) is 7.15. The van der Waals surface area contributed by atoms with Gasteiger partial charge in [-0.3, -0.25) is 4.79 Å². The Morgan fingerprint density at radius 2 is 2.08 bits per heavy atom. The van der Waals surface area contributed by atoms with Crippen LogP contribution in [-0.4, -0.2) is 56.8 Å². The molecule has 9 heteroatoms. The lowest BCUT2D eigenvalue weighted by Gasteiger charge is -2.35. The summed E-state index contributed by atoms with van der Waals surface area (Å²) in [5, 5.41) is 8.64. The van der Waals surface area contributed by atoms with Crippen LogP contribution in [0.2, 0.25) is 0 Å². The van der Waals surface area contributed by atoms with Gasteiger partial charge in [0, 0.05) is 50.1 Å². The van der Waals surface area contributed by atoms with Crippen LogP contribution >= 0.6 is 0 Å². The minimum absolute atomic E-state index is 0.000508. The highest BCUT2D eigenvalue weighted by molar-refractivity contribution is 6.01. The maximum atomic E-state index is 13.3. The Morgan fingerprint density at radius 3 is 2.86 bits per heavy atom. The van der Waals surface area contributed by atoms with E-state index in [-0.39, 0.29) is 18.1 Å². The number of aromatic nitrogens is 5. The number of hydrogen-bond donors (Lipinski definition) is 2. The van der Waals surface area contributed by atoms with E-state index < -0.39 is 0 Å². The van der Waals surface area contributed by atoms with Crippen LogP contribution in [0.4, 0.5) is 5.82 Å². The molecule has 4 heterocycles. The molecular formula is C27H27N7O2. The average molecular weight is 482 g/mol. The molecule has 2 N–H and O–H groups in total. The largest absolute Gasteiger partial charge is 0.379 e. The number of amides is 1. The number of aromatic amines is 1.